The molecule has 25 heavy (non-hydrogen) atoms. The van der Waals surface area contributed by atoms with Crippen LogP contribution < -0.4 is 0 Å². The van der Waals surface area contributed by atoms with E-state index in [1.807, 2.05) is 60.7 Å². The summed E-state index contributed by atoms with van der Waals surface area (Å²) in [4.78, 5) is 0.257. The van der Waals surface area contributed by atoms with Crippen LogP contribution in [0.2, 0.25) is 0 Å². The van der Waals surface area contributed by atoms with E-state index >= 15 is 0 Å². The van der Waals surface area contributed by atoms with Gasteiger partial charge < -0.3 is 0 Å². The molecule has 4 aromatic rings. The molecule has 0 amide bonds. The summed E-state index contributed by atoms with van der Waals surface area (Å²) in [5, 5.41) is 8.31. The Morgan fingerprint density at radius 1 is 0.640 bits per heavy atom. The number of nitrogens with zero attached hydrogens (tertiary/aromatic N) is 4. The predicted molar refractivity (Wildman–Crippen MR) is 92.6 cm³/mol. The average molecular weight is 350 g/mol. The third kappa shape index (κ3) is 2.85. The van der Waals surface area contributed by atoms with Gasteiger partial charge in [0.05, 0.1) is 23.8 Å². The van der Waals surface area contributed by atoms with Crippen molar-refractivity contribution in [3.8, 4) is 11.4 Å². The van der Waals surface area contributed by atoms with Crippen LogP contribution in [0.5, 0.6) is 0 Å². The molecule has 0 atom stereocenters. The van der Waals surface area contributed by atoms with Crippen molar-refractivity contribution in [1.29, 1.82) is 0 Å². The Kier molecular flexibility index (Phi) is 3.70. The van der Waals surface area contributed by atoms with Gasteiger partial charge in [-0.15, -0.1) is 0 Å². The van der Waals surface area contributed by atoms with Crippen molar-refractivity contribution in [2.75, 3.05) is 0 Å². The molecule has 0 aliphatic rings. The molecule has 0 bridgehead atoms. The van der Waals surface area contributed by atoms with Gasteiger partial charge in [0.15, 0.2) is 0 Å². The molecule has 0 aliphatic carbocycles. The molecule has 0 N–H and O–H groups in total. The van der Waals surface area contributed by atoms with Gasteiger partial charge in [0.1, 0.15) is 9.79 Å². The van der Waals surface area contributed by atoms with Crippen molar-refractivity contribution < 1.29 is 8.42 Å². The third-order valence-electron chi connectivity index (χ3n) is 3.78. The highest BCUT2D eigenvalue weighted by Gasteiger charge is 2.22. The second-order valence-corrected chi connectivity index (χ2v) is 7.37. The lowest BCUT2D eigenvalue weighted by Crippen LogP contribution is -2.00. The van der Waals surface area contributed by atoms with Gasteiger partial charge in [0, 0.05) is 12.4 Å². The summed E-state index contributed by atoms with van der Waals surface area (Å²) >= 11 is 0. The minimum atomic E-state index is -3.68. The zero-order valence-electron chi connectivity index (χ0n) is 13.1. The Hall–Kier alpha value is -3.19. The molecule has 0 fully saturated rings. The largest absolute Gasteiger partial charge is 0.240 e. The molecular formula is C18H14N4O2S. The molecule has 0 aliphatic heterocycles. The highest BCUT2D eigenvalue weighted by Crippen LogP contribution is 2.22. The molecule has 0 unspecified atom stereocenters. The summed E-state index contributed by atoms with van der Waals surface area (Å²) in [5.41, 5.74) is 1.59. The lowest BCUT2D eigenvalue weighted by atomic mass is 10.3. The first kappa shape index (κ1) is 15.3. The van der Waals surface area contributed by atoms with E-state index in [-0.39, 0.29) is 9.79 Å². The molecule has 2 heterocycles. The second kappa shape index (κ2) is 6.03. The Morgan fingerprint density at radius 2 is 1.04 bits per heavy atom. The van der Waals surface area contributed by atoms with Crippen LogP contribution in [-0.4, -0.2) is 28.0 Å². The van der Waals surface area contributed by atoms with Gasteiger partial charge in [-0.05, 0) is 24.3 Å². The Bertz CT molecular complexity index is 1020. The maximum absolute atomic E-state index is 12.8. The molecule has 0 radical (unpaired) electrons. The van der Waals surface area contributed by atoms with Crippen molar-refractivity contribution in [1.82, 2.24) is 19.6 Å². The van der Waals surface area contributed by atoms with Crippen LogP contribution in [0.25, 0.3) is 11.4 Å². The van der Waals surface area contributed by atoms with Crippen LogP contribution in [0.3, 0.4) is 0 Å². The number of aromatic nitrogens is 4. The number of para-hydroxylation sites is 2. The molecule has 124 valence electrons. The minimum absolute atomic E-state index is 0.129. The van der Waals surface area contributed by atoms with E-state index in [0.717, 1.165) is 11.4 Å². The third-order valence-corrected chi connectivity index (χ3v) is 5.44. The van der Waals surface area contributed by atoms with E-state index in [0.29, 0.717) is 0 Å². The lowest BCUT2D eigenvalue weighted by molar-refractivity contribution is 0.596. The second-order valence-electron chi connectivity index (χ2n) is 5.42. The molecular weight excluding hydrogens is 336 g/mol. The smallest absolute Gasteiger partial charge is 0.212 e. The molecule has 0 saturated heterocycles. The molecule has 2 aromatic heterocycles. The fourth-order valence-electron chi connectivity index (χ4n) is 2.47. The number of hydrogen-bond acceptors (Lipinski definition) is 4. The maximum Gasteiger partial charge on any atom is 0.212 e. The van der Waals surface area contributed by atoms with Gasteiger partial charge in [0.2, 0.25) is 9.84 Å². The first-order valence-corrected chi connectivity index (χ1v) is 9.08. The SMILES string of the molecule is O=S(=O)(c1cnn(-c2ccccc2)c1)c1cnn(-c2ccccc2)c1. The van der Waals surface area contributed by atoms with Gasteiger partial charge in [-0.25, -0.2) is 17.8 Å². The predicted octanol–water partition coefficient (Wildman–Crippen LogP) is 2.89. The van der Waals surface area contributed by atoms with Gasteiger partial charge in [-0.1, -0.05) is 36.4 Å². The van der Waals surface area contributed by atoms with E-state index in [4.69, 9.17) is 0 Å². The minimum Gasteiger partial charge on any atom is -0.240 e. The molecule has 0 spiro atoms. The van der Waals surface area contributed by atoms with Crippen LogP contribution in [0.1, 0.15) is 0 Å². The fourth-order valence-corrected chi connectivity index (χ4v) is 3.59. The first-order valence-electron chi connectivity index (χ1n) is 7.60. The Labute approximate surface area is 144 Å². The average Bonchev–Trinajstić information content (AvgIpc) is 3.34. The fraction of sp³-hybridized carbons (Fsp3) is 0. The number of hydrogen-bond donors (Lipinski definition) is 0. The van der Waals surface area contributed by atoms with Crippen molar-refractivity contribution in [3.05, 3.63) is 85.5 Å². The molecule has 7 heteroatoms. The van der Waals surface area contributed by atoms with Crippen LogP contribution >= 0.6 is 0 Å². The summed E-state index contributed by atoms with van der Waals surface area (Å²) in [6.07, 6.45) is 5.71. The van der Waals surface area contributed by atoms with Crippen molar-refractivity contribution in [2.45, 2.75) is 9.79 Å². The Balaban J connectivity index is 1.69. The van der Waals surface area contributed by atoms with Crippen LogP contribution in [0.4, 0.5) is 0 Å². The summed E-state index contributed by atoms with van der Waals surface area (Å²) < 4.78 is 28.7. The standard InChI is InChI=1S/C18H14N4O2S/c23-25(24,17-11-19-21(13-17)15-7-3-1-4-8-15)18-12-20-22(14-18)16-9-5-2-6-10-16/h1-14H. The first-order chi connectivity index (χ1) is 12.1. The zero-order valence-corrected chi connectivity index (χ0v) is 13.9. The van der Waals surface area contributed by atoms with Gasteiger partial charge in [-0.3, -0.25) is 0 Å². The van der Waals surface area contributed by atoms with Crippen molar-refractivity contribution >= 4 is 9.84 Å². The highest BCUT2D eigenvalue weighted by molar-refractivity contribution is 7.91. The summed E-state index contributed by atoms with van der Waals surface area (Å²) in [5.74, 6) is 0. The van der Waals surface area contributed by atoms with E-state index in [1.165, 1.54) is 34.2 Å². The normalized spacial score (nSPS) is 11.5. The topological polar surface area (TPSA) is 69.8 Å². The van der Waals surface area contributed by atoms with Gasteiger partial charge in [-0.2, -0.15) is 10.2 Å². The van der Waals surface area contributed by atoms with Crippen LogP contribution in [0, 0.1) is 0 Å². The summed E-state index contributed by atoms with van der Waals surface area (Å²) in [7, 11) is -3.68. The van der Waals surface area contributed by atoms with Crippen LogP contribution in [0.15, 0.2) is 95.2 Å². The number of rotatable bonds is 4. The maximum atomic E-state index is 12.8. The van der Waals surface area contributed by atoms with Crippen molar-refractivity contribution in [2.24, 2.45) is 0 Å². The summed E-state index contributed by atoms with van der Waals surface area (Å²) in [6.45, 7) is 0. The monoisotopic (exact) mass is 350 g/mol. The van der Waals surface area contributed by atoms with Gasteiger partial charge in [0.25, 0.3) is 0 Å². The van der Waals surface area contributed by atoms with E-state index < -0.39 is 9.84 Å². The van der Waals surface area contributed by atoms with Crippen molar-refractivity contribution in [3.63, 3.8) is 0 Å². The Morgan fingerprint density at radius 3 is 1.44 bits per heavy atom. The molecule has 0 saturated carbocycles. The number of benzene rings is 2. The molecule has 2 aromatic carbocycles. The van der Waals surface area contributed by atoms with E-state index in [1.54, 1.807) is 0 Å². The highest BCUT2D eigenvalue weighted by atomic mass is 32.2. The van der Waals surface area contributed by atoms with E-state index in [9.17, 15) is 8.42 Å². The zero-order chi connectivity index (χ0) is 17.3. The van der Waals surface area contributed by atoms with Crippen LogP contribution in [-0.2, 0) is 9.84 Å². The van der Waals surface area contributed by atoms with E-state index in [2.05, 4.69) is 10.2 Å². The van der Waals surface area contributed by atoms with Gasteiger partial charge >= 0.3 is 0 Å². The summed E-state index contributed by atoms with van der Waals surface area (Å²) in [6, 6.07) is 18.7. The molecule has 6 nitrogen and oxygen atoms in total. The molecule has 4 rings (SSSR count). The number of sulfone groups is 1. The lowest BCUT2D eigenvalue weighted by Gasteiger charge is -2.00. The quantitative estimate of drug-likeness (QED) is 0.567.